The van der Waals surface area contributed by atoms with Crippen molar-refractivity contribution in [2.24, 2.45) is 5.92 Å². The zero-order valence-corrected chi connectivity index (χ0v) is 8.92. The molecule has 0 amide bonds. The third-order valence-electron chi connectivity index (χ3n) is 3.18. The standard InChI is InChI=1S/C11H23NO/c1-9(8-13)12-10(2)11-6-4-3-5-7-11/h9-13H,3-8H2,1-2H3/t9-,10+/m1/s1. The Bertz CT molecular complexity index is 132. The van der Waals surface area contributed by atoms with Crippen molar-refractivity contribution in [1.29, 1.82) is 0 Å². The summed E-state index contributed by atoms with van der Waals surface area (Å²) in [6.45, 7) is 4.54. The average molecular weight is 185 g/mol. The van der Waals surface area contributed by atoms with Crippen LogP contribution in [0.15, 0.2) is 0 Å². The molecule has 1 rings (SSSR count). The molecule has 1 saturated carbocycles. The van der Waals surface area contributed by atoms with E-state index in [2.05, 4.69) is 12.2 Å². The monoisotopic (exact) mass is 185 g/mol. The first-order valence-electron chi connectivity index (χ1n) is 5.61. The zero-order valence-electron chi connectivity index (χ0n) is 8.92. The van der Waals surface area contributed by atoms with Crippen molar-refractivity contribution < 1.29 is 5.11 Å². The number of aliphatic hydroxyl groups is 1. The van der Waals surface area contributed by atoms with E-state index in [0.29, 0.717) is 6.04 Å². The lowest BCUT2D eigenvalue weighted by Crippen LogP contribution is -2.41. The maximum atomic E-state index is 8.92. The van der Waals surface area contributed by atoms with Crippen molar-refractivity contribution in [3.63, 3.8) is 0 Å². The highest BCUT2D eigenvalue weighted by atomic mass is 16.3. The molecule has 0 aliphatic heterocycles. The third-order valence-corrected chi connectivity index (χ3v) is 3.18. The van der Waals surface area contributed by atoms with E-state index in [1.807, 2.05) is 6.92 Å². The maximum absolute atomic E-state index is 8.92. The highest BCUT2D eigenvalue weighted by Crippen LogP contribution is 2.26. The fraction of sp³-hybridized carbons (Fsp3) is 1.00. The van der Waals surface area contributed by atoms with Crippen molar-refractivity contribution in [2.75, 3.05) is 6.61 Å². The van der Waals surface area contributed by atoms with E-state index in [-0.39, 0.29) is 12.6 Å². The minimum Gasteiger partial charge on any atom is -0.395 e. The molecule has 1 fully saturated rings. The summed E-state index contributed by atoms with van der Waals surface area (Å²) < 4.78 is 0. The predicted molar refractivity (Wildman–Crippen MR) is 55.7 cm³/mol. The molecule has 2 nitrogen and oxygen atoms in total. The Morgan fingerprint density at radius 1 is 1.23 bits per heavy atom. The molecule has 0 aromatic heterocycles. The van der Waals surface area contributed by atoms with Crippen molar-refractivity contribution in [3.05, 3.63) is 0 Å². The molecule has 1 aliphatic rings. The molecule has 0 radical (unpaired) electrons. The average Bonchev–Trinajstić information content (AvgIpc) is 2.19. The molecule has 0 spiro atoms. The predicted octanol–water partition coefficient (Wildman–Crippen LogP) is 1.93. The van der Waals surface area contributed by atoms with Crippen LogP contribution in [0.5, 0.6) is 0 Å². The summed E-state index contributed by atoms with van der Waals surface area (Å²) in [5, 5.41) is 12.4. The van der Waals surface area contributed by atoms with Gasteiger partial charge < -0.3 is 10.4 Å². The van der Waals surface area contributed by atoms with Gasteiger partial charge in [-0.15, -0.1) is 0 Å². The summed E-state index contributed by atoms with van der Waals surface area (Å²) in [6.07, 6.45) is 6.94. The molecular formula is C11H23NO. The van der Waals surface area contributed by atoms with Gasteiger partial charge in [-0.25, -0.2) is 0 Å². The summed E-state index contributed by atoms with van der Waals surface area (Å²) in [5.74, 6) is 0.836. The van der Waals surface area contributed by atoms with Crippen molar-refractivity contribution in [1.82, 2.24) is 5.32 Å². The summed E-state index contributed by atoms with van der Waals surface area (Å²) in [5.41, 5.74) is 0. The first-order valence-corrected chi connectivity index (χ1v) is 5.61. The summed E-state index contributed by atoms with van der Waals surface area (Å²) in [6, 6.07) is 0.819. The van der Waals surface area contributed by atoms with Crippen LogP contribution in [0.2, 0.25) is 0 Å². The quantitative estimate of drug-likeness (QED) is 0.701. The minimum absolute atomic E-state index is 0.247. The molecule has 0 unspecified atom stereocenters. The molecule has 0 saturated heterocycles. The SMILES string of the molecule is C[C@H](CO)N[C@@H](C)C1CCCCC1. The Morgan fingerprint density at radius 3 is 2.38 bits per heavy atom. The molecular weight excluding hydrogens is 162 g/mol. The molecule has 78 valence electrons. The first-order chi connectivity index (χ1) is 6.24. The van der Waals surface area contributed by atoms with Gasteiger partial charge in [0.1, 0.15) is 0 Å². The molecule has 0 heterocycles. The smallest absolute Gasteiger partial charge is 0.0582 e. The van der Waals surface area contributed by atoms with Gasteiger partial charge in [0, 0.05) is 12.1 Å². The van der Waals surface area contributed by atoms with Crippen molar-refractivity contribution in [3.8, 4) is 0 Å². The highest BCUT2D eigenvalue weighted by molar-refractivity contribution is 4.77. The first kappa shape index (κ1) is 11.0. The molecule has 0 bridgehead atoms. The largest absolute Gasteiger partial charge is 0.395 e. The van der Waals surface area contributed by atoms with E-state index >= 15 is 0 Å². The minimum atomic E-state index is 0.247. The summed E-state index contributed by atoms with van der Waals surface area (Å²) >= 11 is 0. The Hall–Kier alpha value is -0.0800. The molecule has 0 aromatic rings. The second kappa shape index (κ2) is 5.61. The summed E-state index contributed by atoms with van der Waals surface area (Å²) in [4.78, 5) is 0. The van der Waals surface area contributed by atoms with Gasteiger partial charge in [-0.2, -0.15) is 0 Å². The van der Waals surface area contributed by atoms with E-state index in [9.17, 15) is 0 Å². The summed E-state index contributed by atoms with van der Waals surface area (Å²) in [7, 11) is 0. The lowest BCUT2D eigenvalue weighted by Gasteiger charge is -2.30. The van der Waals surface area contributed by atoms with E-state index in [4.69, 9.17) is 5.11 Å². The number of hydrogen-bond donors (Lipinski definition) is 2. The van der Waals surface area contributed by atoms with Crippen LogP contribution < -0.4 is 5.32 Å². The van der Waals surface area contributed by atoms with Gasteiger partial charge in [0.15, 0.2) is 0 Å². The maximum Gasteiger partial charge on any atom is 0.0582 e. The molecule has 2 N–H and O–H groups in total. The Kier molecular flexibility index (Phi) is 4.74. The topological polar surface area (TPSA) is 32.3 Å². The molecule has 1 aliphatic carbocycles. The molecule has 2 atom stereocenters. The highest BCUT2D eigenvalue weighted by Gasteiger charge is 2.20. The van der Waals surface area contributed by atoms with Crippen LogP contribution in [0, 0.1) is 5.92 Å². The number of nitrogens with one attached hydrogen (secondary N) is 1. The van der Waals surface area contributed by atoms with Crippen molar-refractivity contribution in [2.45, 2.75) is 58.0 Å². The van der Waals surface area contributed by atoms with Crippen LogP contribution >= 0.6 is 0 Å². The van der Waals surface area contributed by atoms with E-state index in [0.717, 1.165) is 5.92 Å². The Morgan fingerprint density at radius 2 is 1.85 bits per heavy atom. The lowest BCUT2D eigenvalue weighted by atomic mass is 9.84. The van der Waals surface area contributed by atoms with Gasteiger partial charge in [0.25, 0.3) is 0 Å². The van der Waals surface area contributed by atoms with Gasteiger partial charge in [-0.3, -0.25) is 0 Å². The molecule has 13 heavy (non-hydrogen) atoms. The van der Waals surface area contributed by atoms with Gasteiger partial charge in [0.2, 0.25) is 0 Å². The van der Waals surface area contributed by atoms with Crippen LogP contribution in [0.4, 0.5) is 0 Å². The Balaban J connectivity index is 2.24. The third kappa shape index (κ3) is 3.65. The van der Waals surface area contributed by atoms with Crippen LogP contribution in [0.3, 0.4) is 0 Å². The number of rotatable bonds is 4. The second-order valence-corrected chi connectivity index (χ2v) is 4.44. The molecule has 2 heteroatoms. The van der Waals surface area contributed by atoms with E-state index < -0.39 is 0 Å². The van der Waals surface area contributed by atoms with E-state index in [1.165, 1.54) is 32.1 Å². The van der Waals surface area contributed by atoms with Crippen LogP contribution in [-0.4, -0.2) is 23.8 Å². The van der Waals surface area contributed by atoms with E-state index in [1.54, 1.807) is 0 Å². The molecule has 0 aromatic carbocycles. The van der Waals surface area contributed by atoms with Crippen LogP contribution in [0.25, 0.3) is 0 Å². The van der Waals surface area contributed by atoms with Crippen LogP contribution in [0.1, 0.15) is 46.0 Å². The van der Waals surface area contributed by atoms with Gasteiger partial charge >= 0.3 is 0 Å². The number of hydrogen-bond acceptors (Lipinski definition) is 2. The second-order valence-electron chi connectivity index (χ2n) is 4.44. The normalized spacial score (nSPS) is 24.2. The fourth-order valence-electron chi connectivity index (χ4n) is 2.27. The zero-order chi connectivity index (χ0) is 9.68. The Labute approximate surface area is 81.7 Å². The number of aliphatic hydroxyl groups excluding tert-OH is 1. The van der Waals surface area contributed by atoms with Gasteiger partial charge in [0.05, 0.1) is 6.61 Å². The van der Waals surface area contributed by atoms with Gasteiger partial charge in [-0.1, -0.05) is 19.3 Å². The van der Waals surface area contributed by atoms with Crippen LogP contribution in [-0.2, 0) is 0 Å². The van der Waals surface area contributed by atoms with Crippen molar-refractivity contribution >= 4 is 0 Å². The van der Waals surface area contributed by atoms with Gasteiger partial charge in [-0.05, 0) is 32.6 Å². The lowest BCUT2D eigenvalue weighted by molar-refractivity contribution is 0.211. The fourth-order valence-corrected chi connectivity index (χ4v) is 2.27.